The Balaban J connectivity index is 3.82. The zero-order chi connectivity index (χ0) is 9.56. The van der Waals surface area contributed by atoms with E-state index in [4.69, 9.17) is 15.8 Å². The maximum Gasteiger partial charge on any atom is 0.280 e. The molecule has 0 saturated carbocycles. The molecule has 0 aromatic carbocycles. The van der Waals surface area contributed by atoms with E-state index in [2.05, 4.69) is 20.0 Å². The maximum absolute atomic E-state index is 8.26. The van der Waals surface area contributed by atoms with Crippen LogP contribution in [-0.2, 0) is 14.7 Å². The van der Waals surface area contributed by atoms with Gasteiger partial charge in [-0.2, -0.15) is 9.78 Å². The molecule has 0 aliphatic carbocycles. The minimum absolute atomic E-state index is 0.978. The van der Waals surface area contributed by atoms with Gasteiger partial charge in [-0.3, -0.25) is 4.90 Å². The molecule has 0 bridgehead atoms. The van der Waals surface area contributed by atoms with Crippen LogP contribution in [0.5, 0.6) is 0 Å². The Morgan fingerprint density at radius 2 is 1.58 bits per heavy atom. The molecule has 0 heterocycles. The molecule has 0 spiro atoms. The molecule has 0 aliphatic heterocycles. The second-order valence-electron chi connectivity index (χ2n) is 2.13. The Labute approximate surface area is 68.7 Å². The lowest BCUT2D eigenvalue weighted by atomic mass is 10.7. The Kier molecular flexibility index (Phi) is 6.06. The number of nitrogens with one attached hydrogen (secondary N) is 1. The SMILES string of the molecule is CN(C)C(NC(OO)OO)OO. The van der Waals surface area contributed by atoms with Gasteiger partial charge >= 0.3 is 0 Å². The fraction of sp³-hybridized carbons (Fsp3) is 1.00. The van der Waals surface area contributed by atoms with Gasteiger partial charge in [0.2, 0.25) is 6.35 Å². The first-order valence-corrected chi connectivity index (χ1v) is 2.98. The standard InChI is InChI=1S/C4H12N2O6/c1-6(2)3(10-7)5-4(11-8)12-9/h3-5,7-9H,1-2H3. The average molecular weight is 184 g/mol. The average Bonchev–Trinajstić information content (AvgIpc) is 2.06. The van der Waals surface area contributed by atoms with Gasteiger partial charge < -0.3 is 0 Å². The van der Waals surface area contributed by atoms with Crippen LogP contribution in [-0.4, -0.2) is 47.5 Å². The Morgan fingerprint density at radius 3 is 1.83 bits per heavy atom. The van der Waals surface area contributed by atoms with Gasteiger partial charge in [-0.25, -0.2) is 26.0 Å². The molecule has 0 aliphatic rings. The van der Waals surface area contributed by atoms with Crippen molar-refractivity contribution in [3.05, 3.63) is 0 Å². The molecule has 74 valence electrons. The smallest absolute Gasteiger partial charge is 0.269 e. The van der Waals surface area contributed by atoms with Crippen molar-refractivity contribution in [3.8, 4) is 0 Å². The van der Waals surface area contributed by atoms with Gasteiger partial charge in [0.1, 0.15) is 0 Å². The monoisotopic (exact) mass is 184 g/mol. The first-order valence-electron chi connectivity index (χ1n) is 2.98. The van der Waals surface area contributed by atoms with Crippen molar-refractivity contribution in [2.45, 2.75) is 12.8 Å². The van der Waals surface area contributed by atoms with Crippen LogP contribution >= 0.6 is 0 Å². The third-order valence-electron chi connectivity index (χ3n) is 1.04. The number of nitrogens with zero attached hydrogens (tertiary/aromatic N) is 1. The van der Waals surface area contributed by atoms with Crippen LogP contribution in [0.15, 0.2) is 0 Å². The third kappa shape index (κ3) is 3.90. The fourth-order valence-corrected chi connectivity index (χ4v) is 0.470. The Hall–Kier alpha value is -0.320. The van der Waals surface area contributed by atoms with E-state index in [1.165, 1.54) is 4.90 Å². The topological polar surface area (TPSA) is 104 Å². The van der Waals surface area contributed by atoms with Crippen molar-refractivity contribution in [1.82, 2.24) is 10.2 Å². The molecule has 0 fully saturated rings. The number of hydrogen-bond donors (Lipinski definition) is 4. The van der Waals surface area contributed by atoms with Crippen molar-refractivity contribution >= 4 is 0 Å². The minimum atomic E-state index is -1.50. The van der Waals surface area contributed by atoms with Gasteiger partial charge in [-0.05, 0) is 14.1 Å². The Morgan fingerprint density at radius 1 is 1.08 bits per heavy atom. The van der Waals surface area contributed by atoms with Crippen molar-refractivity contribution in [2.24, 2.45) is 0 Å². The summed E-state index contributed by atoms with van der Waals surface area (Å²) in [6.07, 6.45) is -2.47. The Bertz CT molecular complexity index is 108. The van der Waals surface area contributed by atoms with Crippen LogP contribution < -0.4 is 5.32 Å². The summed E-state index contributed by atoms with van der Waals surface area (Å²) in [7, 11) is 3.14. The molecule has 0 rings (SSSR count). The highest BCUT2D eigenvalue weighted by Crippen LogP contribution is 1.93. The van der Waals surface area contributed by atoms with Crippen molar-refractivity contribution in [2.75, 3.05) is 14.1 Å². The van der Waals surface area contributed by atoms with Crippen molar-refractivity contribution in [1.29, 1.82) is 0 Å². The normalized spacial score (nSPS) is 14.2. The molecule has 12 heavy (non-hydrogen) atoms. The minimum Gasteiger partial charge on any atom is -0.269 e. The first kappa shape index (κ1) is 11.7. The third-order valence-corrected chi connectivity index (χ3v) is 1.04. The summed E-state index contributed by atoms with van der Waals surface area (Å²) in [6, 6.07) is 0. The van der Waals surface area contributed by atoms with Crippen LogP contribution in [0.25, 0.3) is 0 Å². The van der Waals surface area contributed by atoms with E-state index < -0.39 is 12.8 Å². The van der Waals surface area contributed by atoms with E-state index in [0.717, 1.165) is 0 Å². The molecule has 0 aromatic rings. The molecule has 8 heteroatoms. The van der Waals surface area contributed by atoms with Crippen LogP contribution in [0, 0.1) is 0 Å². The molecule has 0 radical (unpaired) electrons. The molecular weight excluding hydrogens is 172 g/mol. The van der Waals surface area contributed by atoms with E-state index in [-0.39, 0.29) is 0 Å². The summed E-state index contributed by atoms with van der Waals surface area (Å²) in [5, 5.41) is 26.6. The van der Waals surface area contributed by atoms with Crippen molar-refractivity contribution < 1.29 is 30.4 Å². The second-order valence-corrected chi connectivity index (χ2v) is 2.13. The predicted molar refractivity (Wildman–Crippen MR) is 35.5 cm³/mol. The lowest BCUT2D eigenvalue weighted by Gasteiger charge is -2.23. The highest BCUT2D eigenvalue weighted by molar-refractivity contribution is 4.47. The van der Waals surface area contributed by atoms with E-state index in [9.17, 15) is 0 Å². The summed E-state index contributed by atoms with van der Waals surface area (Å²) < 4.78 is 0. The molecule has 0 aromatic heterocycles. The van der Waals surface area contributed by atoms with Gasteiger partial charge in [0, 0.05) is 0 Å². The lowest BCUT2D eigenvalue weighted by molar-refractivity contribution is -0.454. The van der Waals surface area contributed by atoms with E-state index in [0.29, 0.717) is 0 Å². The molecule has 8 nitrogen and oxygen atoms in total. The zero-order valence-electron chi connectivity index (χ0n) is 6.67. The van der Waals surface area contributed by atoms with Gasteiger partial charge in [-0.1, -0.05) is 0 Å². The van der Waals surface area contributed by atoms with E-state index in [1.807, 2.05) is 0 Å². The molecule has 1 atom stereocenters. The predicted octanol–water partition coefficient (Wildman–Crippen LogP) is -0.826. The first-order chi connectivity index (χ1) is 5.65. The molecule has 4 N–H and O–H groups in total. The summed E-state index contributed by atoms with van der Waals surface area (Å²) in [5.74, 6) is 0. The highest BCUT2D eigenvalue weighted by Gasteiger charge is 2.18. The molecule has 0 amide bonds. The maximum atomic E-state index is 8.26. The van der Waals surface area contributed by atoms with Gasteiger partial charge in [-0.15, -0.1) is 0 Å². The molecule has 0 saturated heterocycles. The van der Waals surface area contributed by atoms with Crippen LogP contribution in [0.1, 0.15) is 0 Å². The molecule has 1 unspecified atom stereocenters. The summed E-state index contributed by atoms with van der Waals surface area (Å²) in [4.78, 5) is 12.4. The highest BCUT2D eigenvalue weighted by atomic mass is 17.2. The molecular formula is C4H12N2O6. The second kappa shape index (κ2) is 6.22. The van der Waals surface area contributed by atoms with Crippen LogP contribution in [0.3, 0.4) is 0 Å². The summed E-state index contributed by atoms with van der Waals surface area (Å²) in [6.45, 7) is 0. The van der Waals surface area contributed by atoms with Crippen LogP contribution in [0.4, 0.5) is 0 Å². The van der Waals surface area contributed by atoms with Gasteiger partial charge in [0.15, 0.2) is 0 Å². The van der Waals surface area contributed by atoms with Crippen molar-refractivity contribution in [3.63, 3.8) is 0 Å². The number of hydrogen-bond acceptors (Lipinski definition) is 8. The van der Waals surface area contributed by atoms with Gasteiger partial charge in [0.05, 0.1) is 0 Å². The fourth-order valence-electron chi connectivity index (χ4n) is 0.470. The zero-order valence-corrected chi connectivity index (χ0v) is 6.67. The van der Waals surface area contributed by atoms with E-state index >= 15 is 0 Å². The van der Waals surface area contributed by atoms with Crippen LogP contribution in [0.2, 0.25) is 0 Å². The van der Waals surface area contributed by atoms with E-state index in [1.54, 1.807) is 14.1 Å². The quantitative estimate of drug-likeness (QED) is 0.241. The summed E-state index contributed by atoms with van der Waals surface area (Å²) in [5.41, 5.74) is 0. The number of rotatable bonds is 6. The van der Waals surface area contributed by atoms with Gasteiger partial charge in [0.25, 0.3) is 6.41 Å². The lowest BCUT2D eigenvalue weighted by Crippen LogP contribution is -2.49. The summed E-state index contributed by atoms with van der Waals surface area (Å²) >= 11 is 0. The largest absolute Gasteiger partial charge is 0.280 e.